The van der Waals surface area contributed by atoms with Crippen molar-refractivity contribution in [2.24, 2.45) is 5.92 Å². The van der Waals surface area contributed by atoms with E-state index in [0.717, 1.165) is 11.5 Å². The number of hydrogen-bond donors (Lipinski definition) is 2. The molecule has 0 bridgehead atoms. The molecule has 3 rings (SSSR count). The van der Waals surface area contributed by atoms with Crippen LogP contribution >= 0.6 is 23.5 Å². The number of nitrogens with one attached hydrogen (secondary N) is 2. The van der Waals surface area contributed by atoms with Gasteiger partial charge in [-0.15, -0.1) is 23.5 Å². The Hall–Kier alpha value is -1.19. The van der Waals surface area contributed by atoms with Crippen LogP contribution in [0.1, 0.15) is 39.8 Å². The maximum absolute atomic E-state index is 12.1. The quantitative estimate of drug-likeness (QED) is 0.734. The fraction of sp³-hybridized carbons (Fsp3) is 0.529. The maximum atomic E-state index is 12.1. The van der Waals surface area contributed by atoms with Crippen molar-refractivity contribution < 1.29 is 18.0 Å². The first-order chi connectivity index (χ1) is 12.4. The van der Waals surface area contributed by atoms with Crippen LogP contribution in [-0.2, 0) is 14.6 Å². The standard InChI is InChI=1S/C17H22N2O4S3/c20-15(10-12-6-9-26(22,23)11-12)18-19-16(21)13-2-4-14(5-3-13)17-24-7-1-8-25-17/h2-5,12,17H,1,6-11H2,(H,18,20)(H,19,21)/t12-/m1/s1. The molecule has 142 valence electrons. The van der Waals surface area contributed by atoms with Gasteiger partial charge in [-0.25, -0.2) is 8.42 Å². The highest BCUT2D eigenvalue weighted by molar-refractivity contribution is 8.16. The SMILES string of the molecule is O=C(C[C@H]1CCS(=O)(=O)C1)NNC(=O)c1ccc(C2SCCCS2)cc1. The lowest BCUT2D eigenvalue weighted by Gasteiger charge is -2.21. The average Bonchev–Trinajstić information content (AvgIpc) is 2.99. The van der Waals surface area contributed by atoms with E-state index in [0.29, 0.717) is 16.6 Å². The van der Waals surface area contributed by atoms with Crippen LogP contribution in [0.25, 0.3) is 0 Å². The van der Waals surface area contributed by atoms with E-state index in [9.17, 15) is 18.0 Å². The topological polar surface area (TPSA) is 92.3 Å². The lowest BCUT2D eigenvalue weighted by molar-refractivity contribution is -0.122. The number of hydrogen-bond acceptors (Lipinski definition) is 6. The summed E-state index contributed by atoms with van der Waals surface area (Å²) in [5.74, 6) is 1.60. The van der Waals surface area contributed by atoms with Crippen molar-refractivity contribution in [3.63, 3.8) is 0 Å². The number of benzene rings is 1. The molecule has 0 radical (unpaired) electrons. The molecule has 2 amide bonds. The Morgan fingerprint density at radius 1 is 1.08 bits per heavy atom. The van der Waals surface area contributed by atoms with Crippen LogP contribution in [0.5, 0.6) is 0 Å². The Balaban J connectivity index is 1.46. The van der Waals surface area contributed by atoms with Gasteiger partial charge in [0.05, 0.1) is 16.1 Å². The molecule has 1 aromatic carbocycles. The fourth-order valence-electron chi connectivity index (χ4n) is 3.02. The maximum Gasteiger partial charge on any atom is 0.269 e. The highest BCUT2D eigenvalue weighted by Crippen LogP contribution is 2.43. The highest BCUT2D eigenvalue weighted by atomic mass is 32.2. The Morgan fingerprint density at radius 2 is 1.77 bits per heavy atom. The molecule has 2 heterocycles. The molecule has 0 unspecified atom stereocenters. The summed E-state index contributed by atoms with van der Waals surface area (Å²) in [4.78, 5) is 24.0. The first-order valence-electron chi connectivity index (χ1n) is 8.56. The minimum atomic E-state index is -3.00. The molecule has 9 heteroatoms. The van der Waals surface area contributed by atoms with Crippen LogP contribution < -0.4 is 10.9 Å². The number of sulfone groups is 1. The van der Waals surface area contributed by atoms with E-state index in [2.05, 4.69) is 10.9 Å². The molecule has 2 aliphatic rings. The molecule has 0 saturated carbocycles. The van der Waals surface area contributed by atoms with Crippen LogP contribution in [-0.4, -0.2) is 43.2 Å². The third-order valence-corrected chi connectivity index (χ3v) is 9.24. The number of carbonyl (C=O) groups excluding carboxylic acids is 2. The van der Waals surface area contributed by atoms with E-state index in [1.54, 1.807) is 12.1 Å². The minimum Gasteiger partial charge on any atom is -0.273 e. The van der Waals surface area contributed by atoms with E-state index in [-0.39, 0.29) is 35.7 Å². The van der Waals surface area contributed by atoms with Gasteiger partial charge in [0.2, 0.25) is 5.91 Å². The zero-order valence-electron chi connectivity index (χ0n) is 14.3. The van der Waals surface area contributed by atoms with E-state index in [1.807, 2.05) is 35.7 Å². The third-order valence-electron chi connectivity index (χ3n) is 4.39. The van der Waals surface area contributed by atoms with Crippen molar-refractivity contribution in [3.8, 4) is 0 Å². The van der Waals surface area contributed by atoms with Crippen molar-refractivity contribution in [1.82, 2.24) is 10.9 Å². The molecule has 0 aliphatic carbocycles. The van der Waals surface area contributed by atoms with Gasteiger partial charge in [-0.2, -0.15) is 0 Å². The van der Waals surface area contributed by atoms with Gasteiger partial charge in [-0.3, -0.25) is 20.4 Å². The number of carbonyl (C=O) groups is 2. The van der Waals surface area contributed by atoms with Gasteiger partial charge in [-0.1, -0.05) is 12.1 Å². The first-order valence-corrected chi connectivity index (χ1v) is 12.5. The Labute approximate surface area is 162 Å². The van der Waals surface area contributed by atoms with Crippen LogP contribution in [0.3, 0.4) is 0 Å². The molecule has 2 fully saturated rings. The van der Waals surface area contributed by atoms with Gasteiger partial charge in [0.15, 0.2) is 9.84 Å². The fourth-order valence-corrected chi connectivity index (χ4v) is 7.77. The molecular weight excluding hydrogens is 392 g/mol. The third kappa shape index (κ3) is 5.40. The summed E-state index contributed by atoms with van der Waals surface area (Å²) in [5.41, 5.74) is 6.44. The number of rotatable bonds is 4. The van der Waals surface area contributed by atoms with Crippen molar-refractivity contribution in [3.05, 3.63) is 35.4 Å². The molecule has 2 N–H and O–H groups in total. The summed E-state index contributed by atoms with van der Waals surface area (Å²) >= 11 is 3.84. The van der Waals surface area contributed by atoms with Crippen molar-refractivity contribution in [2.45, 2.75) is 23.8 Å². The molecule has 26 heavy (non-hydrogen) atoms. The molecule has 2 aliphatic heterocycles. The zero-order chi connectivity index (χ0) is 18.6. The monoisotopic (exact) mass is 414 g/mol. The number of hydrazine groups is 1. The van der Waals surface area contributed by atoms with E-state index in [4.69, 9.17) is 0 Å². The predicted molar refractivity (Wildman–Crippen MR) is 106 cm³/mol. The zero-order valence-corrected chi connectivity index (χ0v) is 16.7. The summed E-state index contributed by atoms with van der Waals surface area (Å²) in [6.07, 6.45) is 1.84. The van der Waals surface area contributed by atoms with Gasteiger partial charge in [-0.05, 0) is 48.0 Å². The molecule has 6 nitrogen and oxygen atoms in total. The molecule has 2 saturated heterocycles. The Morgan fingerprint density at radius 3 is 2.38 bits per heavy atom. The lowest BCUT2D eigenvalue weighted by atomic mass is 10.1. The summed E-state index contributed by atoms with van der Waals surface area (Å²) in [5, 5.41) is 0. The van der Waals surface area contributed by atoms with Gasteiger partial charge >= 0.3 is 0 Å². The second-order valence-corrected chi connectivity index (χ2v) is 11.5. The predicted octanol–water partition coefficient (Wildman–Crippen LogP) is 2.14. The normalized spacial score (nSPS) is 22.7. The molecule has 1 aromatic rings. The van der Waals surface area contributed by atoms with E-state index in [1.165, 1.54) is 12.0 Å². The van der Waals surface area contributed by atoms with Crippen molar-refractivity contribution in [2.75, 3.05) is 23.0 Å². The second-order valence-electron chi connectivity index (χ2n) is 6.52. The molecule has 1 atom stereocenters. The van der Waals surface area contributed by atoms with Crippen LogP contribution in [0.4, 0.5) is 0 Å². The van der Waals surface area contributed by atoms with E-state index < -0.39 is 9.84 Å². The summed E-state index contributed by atoms with van der Waals surface area (Å²) in [6, 6.07) is 7.43. The molecule has 0 spiro atoms. The number of thioether (sulfide) groups is 2. The van der Waals surface area contributed by atoms with Gasteiger partial charge in [0.25, 0.3) is 5.91 Å². The molecule has 0 aromatic heterocycles. The summed E-state index contributed by atoms with van der Waals surface area (Å²) < 4.78 is 23.2. The first kappa shape index (κ1) is 19.6. The lowest BCUT2D eigenvalue weighted by Crippen LogP contribution is -2.42. The van der Waals surface area contributed by atoms with Crippen LogP contribution in [0.2, 0.25) is 0 Å². The largest absolute Gasteiger partial charge is 0.273 e. The summed E-state index contributed by atoms with van der Waals surface area (Å²) in [7, 11) is -3.00. The van der Waals surface area contributed by atoms with E-state index >= 15 is 0 Å². The smallest absolute Gasteiger partial charge is 0.269 e. The van der Waals surface area contributed by atoms with Crippen molar-refractivity contribution in [1.29, 1.82) is 0 Å². The second kappa shape index (κ2) is 8.67. The minimum absolute atomic E-state index is 0.0486. The van der Waals surface area contributed by atoms with Gasteiger partial charge in [0.1, 0.15) is 0 Å². The van der Waals surface area contributed by atoms with Crippen LogP contribution in [0, 0.1) is 5.92 Å². The molecular formula is C17H22N2O4S3. The van der Waals surface area contributed by atoms with Gasteiger partial charge in [0, 0.05) is 12.0 Å². The Bertz CT molecular complexity index is 759. The highest BCUT2D eigenvalue weighted by Gasteiger charge is 2.29. The van der Waals surface area contributed by atoms with Gasteiger partial charge < -0.3 is 0 Å². The number of amides is 2. The Kier molecular flexibility index (Phi) is 6.52. The van der Waals surface area contributed by atoms with Crippen LogP contribution in [0.15, 0.2) is 24.3 Å². The average molecular weight is 415 g/mol. The summed E-state index contributed by atoms with van der Waals surface area (Å²) in [6.45, 7) is 0. The van der Waals surface area contributed by atoms with Crippen molar-refractivity contribution >= 4 is 45.2 Å².